The zero-order valence-corrected chi connectivity index (χ0v) is 7.62. The molecule has 0 aliphatic carbocycles. The van der Waals surface area contributed by atoms with Crippen LogP contribution in [0, 0.1) is 5.41 Å². The molecule has 0 saturated heterocycles. The van der Waals surface area contributed by atoms with Gasteiger partial charge in [-0.3, -0.25) is 0 Å². The molecule has 0 radical (unpaired) electrons. The Hall–Kier alpha value is -1.37. The molecule has 64 valence electrons. The summed E-state index contributed by atoms with van der Waals surface area (Å²) in [6.45, 7) is 4.00. The van der Waals surface area contributed by atoms with Crippen LogP contribution in [0.4, 0.5) is 0 Å². The standard InChI is InChI=1S/C9H9N.C2H6/c10-8-4-7-9-5-2-1-3-6-9;1-2/h1-8,10H;1-2H3/b7-4+,10-8?;. The van der Waals surface area contributed by atoms with Gasteiger partial charge in [-0.05, 0) is 11.6 Å². The topological polar surface area (TPSA) is 23.9 Å². The summed E-state index contributed by atoms with van der Waals surface area (Å²) < 4.78 is 0. The molecule has 0 aliphatic heterocycles. The third kappa shape index (κ3) is 4.45. The van der Waals surface area contributed by atoms with E-state index in [9.17, 15) is 0 Å². The van der Waals surface area contributed by atoms with Crippen LogP contribution in [0.25, 0.3) is 6.08 Å². The van der Waals surface area contributed by atoms with E-state index in [1.807, 2.05) is 50.3 Å². The van der Waals surface area contributed by atoms with Crippen molar-refractivity contribution in [2.45, 2.75) is 13.8 Å². The lowest BCUT2D eigenvalue weighted by Gasteiger charge is -1.87. The molecule has 0 amide bonds. The second-order valence-electron chi connectivity index (χ2n) is 1.94. The van der Waals surface area contributed by atoms with Crippen molar-refractivity contribution in [1.29, 1.82) is 5.41 Å². The van der Waals surface area contributed by atoms with Gasteiger partial charge in [-0.2, -0.15) is 0 Å². The molecule has 1 aromatic rings. The Labute approximate surface area is 74.3 Å². The van der Waals surface area contributed by atoms with E-state index in [0.717, 1.165) is 5.56 Å². The SMILES string of the molecule is CC.N=C/C=C/c1ccccc1. The number of hydrogen-bond acceptors (Lipinski definition) is 1. The summed E-state index contributed by atoms with van der Waals surface area (Å²) in [6.07, 6.45) is 4.87. The van der Waals surface area contributed by atoms with E-state index < -0.39 is 0 Å². The van der Waals surface area contributed by atoms with Crippen LogP contribution in [0.3, 0.4) is 0 Å². The fourth-order valence-corrected chi connectivity index (χ4v) is 0.723. The Morgan fingerprint density at radius 2 is 1.67 bits per heavy atom. The van der Waals surface area contributed by atoms with E-state index in [-0.39, 0.29) is 0 Å². The minimum atomic E-state index is 1.13. The molecule has 1 heteroatoms. The number of allylic oxidation sites excluding steroid dienone is 1. The second kappa shape index (κ2) is 7.73. The van der Waals surface area contributed by atoms with E-state index in [2.05, 4.69) is 0 Å². The van der Waals surface area contributed by atoms with E-state index in [1.54, 1.807) is 6.08 Å². The Morgan fingerprint density at radius 3 is 2.17 bits per heavy atom. The van der Waals surface area contributed by atoms with Crippen molar-refractivity contribution in [3.05, 3.63) is 42.0 Å². The first-order chi connectivity index (χ1) is 5.93. The van der Waals surface area contributed by atoms with Gasteiger partial charge >= 0.3 is 0 Å². The monoisotopic (exact) mass is 161 g/mol. The molecule has 0 heterocycles. The summed E-state index contributed by atoms with van der Waals surface area (Å²) in [5, 5.41) is 6.74. The first-order valence-corrected chi connectivity index (χ1v) is 4.15. The van der Waals surface area contributed by atoms with Crippen molar-refractivity contribution in [2.24, 2.45) is 0 Å². The predicted octanol–water partition coefficient (Wildman–Crippen LogP) is 3.38. The summed E-state index contributed by atoms with van der Waals surface area (Å²) in [5.74, 6) is 0. The first kappa shape index (κ1) is 10.6. The molecule has 0 aliphatic rings. The maximum absolute atomic E-state index is 6.74. The van der Waals surface area contributed by atoms with E-state index >= 15 is 0 Å². The van der Waals surface area contributed by atoms with Crippen LogP contribution in [-0.4, -0.2) is 6.21 Å². The quantitative estimate of drug-likeness (QED) is 0.643. The summed E-state index contributed by atoms with van der Waals surface area (Å²) in [7, 11) is 0. The van der Waals surface area contributed by atoms with Gasteiger partial charge in [0.15, 0.2) is 0 Å². The van der Waals surface area contributed by atoms with Crippen LogP contribution in [0.1, 0.15) is 19.4 Å². The highest BCUT2D eigenvalue weighted by molar-refractivity contribution is 5.75. The number of rotatable bonds is 2. The third-order valence-electron chi connectivity index (χ3n) is 1.18. The lowest BCUT2D eigenvalue weighted by molar-refractivity contribution is 1.50. The molecule has 1 N–H and O–H groups in total. The normalized spacial score (nSPS) is 8.83. The van der Waals surface area contributed by atoms with Crippen LogP contribution in [0.5, 0.6) is 0 Å². The maximum Gasteiger partial charge on any atom is 0.0177 e. The molecule has 0 spiro atoms. The molecular weight excluding hydrogens is 146 g/mol. The maximum atomic E-state index is 6.74. The first-order valence-electron chi connectivity index (χ1n) is 4.15. The predicted molar refractivity (Wildman–Crippen MR) is 55.6 cm³/mol. The molecule has 0 saturated carbocycles. The van der Waals surface area contributed by atoms with Crippen molar-refractivity contribution in [3.63, 3.8) is 0 Å². The molecule has 1 aromatic carbocycles. The van der Waals surface area contributed by atoms with Gasteiger partial charge in [-0.25, -0.2) is 0 Å². The lowest BCUT2D eigenvalue weighted by atomic mass is 10.2. The molecule has 0 fully saturated rings. The summed E-state index contributed by atoms with van der Waals surface area (Å²) in [4.78, 5) is 0. The largest absolute Gasteiger partial charge is 0.309 e. The van der Waals surface area contributed by atoms with Gasteiger partial charge in [0.25, 0.3) is 0 Å². The van der Waals surface area contributed by atoms with Crippen LogP contribution in [0.2, 0.25) is 0 Å². The van der Waals surface area contributed by atoms with Crippen molar-refractivity contribution < 1.29 is 0 Å². The van der Waals surface area contributed by atoms with Crippen LogP contribution < -0.4 is 0 Å². The van der Waals surface area contributed by atoms with Crippen molar-refractivity contribution >= 4 is 12.3 Å². The van der Waals surface area contributed by atoms with Crippen LogP contribution in [0.15, 0.2) is 36.4 Å². The Morgan fingerprint density at radius 1 is 1.08 bits per heavy atom. The van der Waals surface area contributed by atoms with Crippen molar-refractivity contribution in [1.82, 2.24) is 0 Å². The highest BCUT2D eigenvalue weighted by atomic mass is 14.3. The molecule has 1 rings (SSSR count). The number of hydrogen-bond donors (Lipinski definition) is 1. The minimum Gasteiger partial charge on any atom is -0.309 e. The summed E-state index contributed by atoms with van der Waals surface area (Å²) in [6, 6.07) is 9.93. The fourth-order valence-electron chi connectivity index (χ4n) is 0.723. The van der Waals surface area contributed by atoms with Gasteiger partial charge in [0, 0.05) is 6.21 Å². The second-order valence-corrected chi connectivity index (χ2v) is 1.94. The average molecular weight is 161 g/mol. The average Bonchev–Trinajstić information content (AvgIpc) is 2.19. The molecule has 1 nitrogen and oxygen atoms in total. The van der Waals surface area contributed by atoms with Gasteiger partial charge < -0.3 is 5.41 Å². The van der Waals surface area contributed by atoms with Gasteiger partial charge in [0.1, 0.15) is 0 Å². The van der Waals surface area contributed by atoms with E-state index in [1.165, 1.54) is 6.21 Å². The van der Waals surface area contributed by atoms with Gasteiger partial charge in [0.05, 0.1) is 0 Å². The molecule has 0 unspecified atom stereocenters. The molecular formula is C11H15N. The van der Waals surface area contributed by atoms with Crippen molar-refractivity contribution in [2.75, 3.05) is 0 Å². The van der Waals surface area contributed by atoms with Crippen LogP contribution >= 0.6 is 0 Å². The Balaban J connectivity index is 0.000000561. The van der Waals surface area contributed by atoms with E-state index in [0.29, 0.717) is 0 Å². The van der Waals surface area contributed by atoms with Gasteiger partial charge in [-0.15, -0.1) is 0 Å². The zero-order chi connectivity index (χ0) is 9.23. The smallest absolute Gasteiger partial charge is 0.0177 e. The molecule has 12 heavy (non-hydrogen) atoms. The molecule has 0 bridgehead atoms. The third-order valence-corrected chi connectivity index (χ3v) is 1.18. The highest BCUT2D eigenvalue weighted by Crippen LogP contribution is 1.99. The highest BCUT2D eigenvalue weighted by Gasteiger charge is 1.78. The minimum absolute atomic E-state index is 1.13. The van der Waals surface area contributed by atoms with E-state index in [4.69, 9.17) is 5.41 Å². The summed E-state index contributed by atoms with van der Waals surface area (Å²) in [5.41, 5.74) is 1.13. The van der Waals surface area contributed by atoms with Gasteiger partial charge in [0.2, 0.25) is 0 Å². The summed E-state index contributed by atoms with van der Waals surface area (Å²) >= 11 is 0. The Bertz CT molecular complexity index is 224. The Kier molecular flexibility index (Phi) is 6.85. The van der Waals surface area contributed by atoms with Crippen molar-refractivity contribution in [3.8, 4) is 0 Å². The molecule has 0 aromatic heterocycles. The van der Waals surface area contributed by atoms with Crippen LogP contribution in [-0.2, 0) is 0 Å². The lowest BCUT2D eigenvalue weighted by Crippen LogP contribution is -1.67. The number of benzene rings is 1. The fraction of sp³-hybridized carbons (Fsp3) is 0.182. The van der Waals surface area contributed by atoms with Gasteiger partial charge in [-0.1, -0.05) is 50.3 Å². The molecule has 0 atom stereocenters. The zero-order valence-electron chi connectivity index (χ0n) is 7.62. The number of nitrogens with one attached hydrogen (secondary N) is 1.